The third-order valence-electron chi connectivity index (χ3n) is 2.99. The number of hydrogen-bond acceptors (Lipinski definition) is 5. The van der Waals surface area contributed by atoms with Crippen molar-refractivity contribution in [2.45, 2.75) is 6.61 Å². The van der Waals surface area contributed by atoms with Gasteiger partial charge in [-0.05, 0) is 71.1 Å². The third-order valence-corrected chi connectivity index (χ3v) is 3.71. The van der Waals surface area contributed by atoms with E-state index in [1.807, 2.05) is 48.5 Å². The third kappa shape index (κ3) is 3.56. The first kappa shape index (κ1) is 14.8. The van der Waals surface area contributed by atoms with Gasteiger partial charge in [0.1, 0.15) is 11.5 Å². The van der Waals surface area contributed by atoms with E-state index >= 15 is 0 Å². The molecule has 0 unspecified atom stereocenters. The number of methoxy groups -OCH3 is 1. The van der Waals surface area contributed by atoms with Crippen LogP contribution in [0, 0.1) is 3.57 Å². The van der Waals surface area contributed by atoms with Gasteiger partial charge in [-0.1, -0.05) is 5.16 Å². The van der Waals surface area contributed by atoms with Crippen molar-refractivity contribution in [3.8, 4) is 22.9 Å². The molecule has 1 aromatic heterocycles. The molecule has 0 spiro atoms. The fourth-order valence-corrected chi connectivity index (χ4v) is 2.21. The molecule has 0 aliphatic heterocycles. The average molecular weight is 408 g/mol. The summed E-state index contributed by atoms with van der Waals surface area (Å²) in [6.45, 7) is 0.240. The average Bonchev–Trinajstić information content (AvgIpc) is 3.03. The molecule has 0 aliphatic carbocycles. The number of benzene rings is 2. The molecular formula is C16H13IN2O3. The smallest absolute Gasteiger partial charge is 0.264 e. The molecule has 0 radical (unpaired) electrons. The van der Waals surface area contributed by atoms with Crippen LogP contribution >= 0.6 is 22.6 Å². The van der Waals surface area contributed by atoms with Gasteiger partial charge in [-0.2, -0.15) is 4.98 Å². The van der Waals surface area contributed by atoms with Crippen LogP contribution < -0.4 is 9.47 Å². The van der Waals surface area contributed by atoms with Gasteiger partial charge in [0.25, 0.3) is 5.89 Å². The predicted molar refractivity (Wildman–Crippen MR) is 89.8 cm³/mol. The minimum Gasteiger partial charge on any atom is -0.497 e. The summed E-state index contributed by atoms with van der Waals surface area (Å²) in [4.78, 5) is 4.32. The largest absolute Gasteiger partial charge is 0.497 e. The van der Waals surface area contributed by atoms with E-state index in [2.05, 4.69) is 32.7 Å². The van der Waals surface area contributed by atoms with Gasteiger partial charge in [-0.3, -0.25) is 0 Å². The Morgan fingerprint density at radius 1 is 1.00 bits per heavy atom. The molecule has 1 heterocycles. The van der Waals surface area contributed by atoms with Gasteiger partial charge in [0, 0.05) is 9.13 Å². The first-order valence-corrected chi connectivity index (χ1v) is 7.68. The molecule has 0 fully saturated rings. The second-order valence-electron chi connectivity index (χ2n) is 4.48. The second kappa shape index (κ2) is 6.78. The predicted octanol–water partition coefficient (Wildman–Crippen LogP) is 3.93. The van der Waals surface area contributed by atoms with Crippen molar-refractivity contribution >= 4 is 22.6 Å². The van der Waals surface area contributed by atoms with Gasteiger partial charge in [-0.15, -0.1) is 0 Å². The van der Waals surface area contributed by atoms with Crippen LogP contribution in [0.2, 0.25) is 0 Å². The van der Waals surface area contributed by atoms with Crippen LogP contribution in [0.3, 0.4) is 0 Å². The standard InChI is InChI=1S/C16H13IN2O3/c1-20-13-6-2-11(3-7-13)16-18-15(22-19-16)10-21-14-8-4-12(17)5-9-14/h2-9H,10H2,1H3. The second-order valence-corrected chi connectivity index (χ2v) is 5.73. The molecule has 22 heavy (non-hydrogen) atoms. The number of ether oxygens (including phenoxy) is 2. The summed E-state index contributed by atoms with van der Waals surface area (Å²) in [5.41, 5.74) is 0.866. The lowest BCUT2D eigenvalue weighted by Crippen LogP contribution is -1.95. The van der Waals surface area contributed by atoms with E-state index in [1.54, 1.807) is 7.11 Å². The zero-order valence-electron chi connectivity index (χ0n) is 11.8. The normalized spacial score (nSPS) is 10.5. The minimum absolute atomic E-state index is 0.240. The van der Waals surface area contributed by atoms with Crippen molar-refractivity contribution in [3.63, 3.8) is 0 Å². The SMILES string of the molecule is COc1ccc(-c2noc(COc3ccc(I)cc3)n2)cc1. The number of rotatable bonds is 5. The Labute approximate surface area is 141 Å². The Morgan fingerprint density at radius 2 is 1.68 bits per heavy atom. The van der Waals surface area contributed by atoms with Crippen LogP contribution in [0.25, 0.3) is 11.4 Å². The van der Waals surface area contributed by atoms with Gasteiger partial charge in [0.05, 0.1) is 7.11 Å². The van der Waals surface area contributed by atoms with Crippen molar-refractivity contribution in [3.05, 3.63) is 58.0 Å². The monoisotopic (exact) mass is 408 g/mol. The Kier molecular flexibility index (Phi) is 4.57. The Hall–Kier alpha value is -2.09. The van der Waals surface area contributed by atoms with Crippen molar-refractivity contribution < 1.29 is 14.0 Å². The summed E-state index contributed by atoms with van der Waals surface area (Å²) in [7, 11) is 1.63. The maximum absolute atomic E-state index is 5.61. The Bertz CT molecular complexity index is 739. The Morgan fingerprint density at radius 3 is 2.36 bits per heavy atom. The van der Waals surface area contributed by atoms with Crippen LogP contribution in [0.4, 0.5) is 0 Å². The molecule has 6 heteroatoms. The van der Waals surface area contributed by atoms with Gasteiger partial charge >= 0.3 is 0 Å². The van der Waals surface area contributed by atoms with Crippen molar-refractivity contribution in [1.82, 2.24) is 10.1 Å². The zero-order chi connectivity index (χ0) is 15.4. The van der Waals surface area contributed by atoms with E-state index < -0.39 is 0 Å². The van der Waals surface area contributed by atoms with Gasteiger partial charge in [-0.25, -0.2) is 0 Å². The van der Waals surface area contributed by atoms with Crippen LogP contribution in [-0.4, -0.2) is 17.3 Å². The summed E-state index contributed by atoms with van der Waals surface area (Å²) < 4.78 is 17.1. The van der Waals surface area contributed by atoms with Crippen molar-refractivity contribution in [2.75, 3.05) is 7.11 Å². The van der Waals surface area contributed by atoms with E-state index in [4.69, 9.17) is 14.0 Å². The summed E-state index contributed by atoms with van der Waals surface area (Å²) in [5, 5.41) is 3.96. The molecule has 112 valence electrons. The highest BCUT2D eigenvalue weighted by Gasteiger charge is 2.09. The fourth-order valence-electron chi connectivity index (χ4n) is 1.85. The van der Waals surface area contributed by atoms with E-state index in [-0.39, 0.29) is 6.61 Å². The molecule has 0 atom stereocenters. The van der Waals surface area contributed by atoms with Crippen LogP contribution in [0.5, 0.6) is 11.5 Å². The topological polar surface area (TPSA) is 57.4 Å². The summed E-state index contributed by atoms with van der Waals surface area (Å²) >= 11 is 2.25. The summed E-state index contributed by atoms with van der Waals surface area (Å²) in [5.74, 6) is 2.52. The maximum atomic E-state index is 5.61. The quantitative estimate of drug-likeness (QED) is 0.599. The molecule has 0 saturated heterocycles. The number of hydrogen-bond donors (Lipinski definition) is 0. The highest BCUT2D eigenvalue weighted by molar-refractivity contribution is 14.1. The molecular weight excluding hydrogens is 395 g/mol. The fraction of sp³-hybridized carbons (Fsp3) is 0.125. The molecule has 0 aliphatic rings. The van der Waals surface area contributed by atoms with E-state index in [9.17, 15) is 0 Å². The van der Waals surface area contributed by atoms with Crippen LogP contribution in [-0.2, 0) is 6.61 Å². The molecule has 0 N–H and O–H groups in total. The molecule has 5 nitrogen and oxygen atoms in total. The molecule has 2 aromatic carbocycles. The maximum Gasteiger partial charge on any atom is 0.264 e. The number of halogens is 1. The summed E-state index contributed by atoms with van der Waals surface area (Å²) in [6.07, 6.45) is 0. The molecule has 0 saturated carbocycles. The van der Waals surface area contributed by atoms with Crippen LogP contribution in [0.1, 0.15) is 5.89 Å². The first-order valence-electron chi connectivity index (χ1n) is 6.60. The number of nitrogens with zero attached hydrogens (tertiary/aromatic N) is 2. The highest BCUT2D eigenvalue weighted by atomic mass is 127. The lowest BCUT2D eigenvalue weighted by Gasteiger charge is -2.02. The zero-order valence-corrected chi connectivity index (χ0v) is 14.0. The minimum atomic E-state index is 0.240. The molecule has 0 amide bonds. The van der Waals surface area contributed by atoms with Crippen molar-refractivity contribution in [2.24, 2.45) is 0 Å². The first-order chi connectivity index (χ1) is 10.7. The molecule has 0 bridgehead atoms. The highest BCUT2D eigenvalue weighted by Crippen LogP contribution is 2.20. The van der Waals surface area contributed by atoms with E-state index in [1.165, 1.54) is 0 Å². The van der Waals surface area contributed by atoms with Gasteiger partial charge < -0.3 is 14.0 Å². The van der Waals surface area contributed by atoms with Gasteiger partial charge in [0.15, 0.2) is 6.61 Å². The molecule has 3 aromatic rings. The van der Waals surface area contributed by atoms with E-state index in [0.717, 1.165) is 20.6 Å². The van der Waals surface area contributed by atoms with Gasteiger partial charge in [0.2, 0.25) is 5.82 Å². The van der Waals surface area contributed by atoms with Crippen molar-refractivity contribution in [1.29, 1.82) is 0 Å². The lowest BCUT2D eigenvalue weighted by atomic mass is 10.2. The Balaban J connectivity index is 1.66. The molecule has 3 rings (SSSR count). The van der Waals surface area contributed by atoms with E-state index in [0.29, 0.717) is 11.7 Å². The lowest BCUT2D eigenvalue weighted by molar-refractivity contribution is 0.243. The summed E-state index contributed by atoms with van der Waals surface area (Å²) in [6, 6.07) is 15.2. The number of aromatic nitrogens is 2. The van der Waals surface area contributed by atoms with Crippen LogP contribution in [0.15, 0.2) is 53.1 Å².